The smallest absolute Gasteiger partial charge is 0.344 e. The molecule has 12 nitrogen and oxygen atoms in total. The normalized spacial score (nSPS) is 20.4. The fourth-order valence-corrected chi connectivity index (χ4v) is 3.83. The summed E-state index contributed by atoms with van der Waals surface area (Å²) in [5, 5.41) is 0. The second-order valence-corrected chi connectivity index (χ2v) is 8.28. The lowest BCUT2D eigenvalue weighted by Crippen LogP contribution is -2.41. The van der Waals surface area contributed by atoms with E-state index >= 15 is 0 Å². The lowest BCUT2D eigenvalue weighted by molar-refractivity contribution is -0.150. The SMILES string of the molecule is CCCCN=C1OC2(OC(=NCCCC)C(C(=O)OCC)=C2C(=O)OCC)C(C(=O)OCC)=C1C(=O)OCC. The van der Waals surface area contributed by atoms with E-state index in [1.807, 2.05) is 13.8 Å². The predicted molar refractivity (Wildman–Crippen MR) is 140 cm³/mol. The number of hydrogen-bond donors (Lipinski definition) is 0. The fourth-order valence-electron chi connectivity index (χ4n) is 3.83. The van der Waals surface area contributed by atoms with E-state index in [9.17, 15) is 19.2 Å². The fraction of sp³-hybridized carbons (Fsp3) is 0.630. The molecule has 0 fully saturated rings. The Kier molecular flexibility index (Phi) is 12.1. The van der Waals surface area contributed by atoms with Gasteiger partial charge >= 0.3 is 29.7 Å². The van der Waals surface area contributed by atoms with Gasteiger partial charge in [0.2, 0.25) is 11.8 Å². The first-order valence-electron chi connectivity index (χ1n) is 13.4. The van der Waals surface area contributed by atoms with E-state index in [-0.39, 0.29) is 62.5 Å². The quantitative estimate of drug-likeness (QED) is 0.179. The van der Waals surface area contributed by atoms with Crippen LogP contribution in [0.2, 0.25) is 0 Å². The third-order valence-corrected chi connectivity index (χ3v) is 5.52. The van der Waals surface area contributed by atoms with Gasteiger partial charge < -0.3 is 28.4 Å². The minimum Gasteiger partial charge on any atom is -0.462 e. The highest BCUT2D eigenvalue weighted by molar-refractivity contribution is 6.29. The molecule has 12 heteroatoms. The molecule has 0 unspecified atom stereocenters. The van der Waals surface area contributed by atoms with Gasteiger partial charge in [-0.2, -0.15) is 0 Å². The van der Waals surface area contributed by atoms with Crippen molar-refractivity contribution < 1.29 is 47.6 Å². The zero-order chi connectivity index (χ0) is 29.0. The zero-order valence-electron chi connectivity index (χ0n) is 23.5. The summed E-state index contributed by atoms with van der Waals surface area (Å²) in [6, 6.07) is 0. The Bertz CT molecular complexity index is 986. The van der Waals surface area contributed by atoms with Crippen molar-refractivity contribution in [2.75, 3.05) is 39.5 Å². The summed E-state index contributed by atoms with van der Waals surface area (Å²) in [5.74, 6) is -6.95. The number of aliphatic imine (C=N–C) groups is 2. The molecule has 2 rings (SSSR count). The summed E-state index contributed by atoms with van der Waals surface area (Å²) in [4.78, 5) is 62.1. The van der Waals surface area contributed by atoms with Gasteiger partial charge in [0.05, 0.1) is 26.4 Å². The molecule has 0 atom stereocenters. The predicted octanol–water partition coefficient (Wildman–Crippen LogP) is 2.99. The van der Waals surface area contributed by atoms with E-state index in [0.29, 0.717) is 12.8 Å². The van der Waals surface area contributed by atoms with Crippen molar-refractivity contribution in [1.82, 2.24) is 0 Å². The summed E-state index contributed by atoms with van der Waals surface area (Å²) in [5.41, 5.74) is -1.73. The largest absolute Gasteiger partial charge is 0.462 e. The molecule has 1 spiro atoms. The van der Waals surface area contributed by atoms with Crippen LogP contribution in [0.25, 0.3) is 0 Å². The van der Waals surface area contributed by atoms with E-state index in [1.54, 1.807) is 27.7 Å². The Morgan fingerprint density at radius 3 is 1.23 bits per heavy atom. The van der Waals surface area contributed by atoms with E-state index < -0.39 is 40.8 Å². The van der Waals surface area contributed by atoms with Gasteiger partial charge in [-0.15, -0.1) is 0 Å². The lowest BCUT2D eigenvalue weighted by Gasteiger charge is -2.26. The van der Waals surface area contributed by atoms with E-state index in [0.717, 1.165) is 12.8 Å². The molecule has 0 aromatic carbocycles. The molecule has 2 aliphatic rings. The van der Waals surface area contributed by atoms with Gasteiger partial charge in [-0.1, -0.05) is 26.7 Å². The first kappa shape index (κ1) is 31.5. The maximum atomic E-state index is 13.5. The number of ether oxygens (including phenoxy) is 6. The molecular formula is C27H38N2O10. The standard InChI is InChI=1S/C27H38N2O10/c1-7-13-15-28-21-17(23(30)34-9-3)19(25(32)36-11-5)27(38-21)20(26(33)37-12-6)18(24(31)35-10-4)22(39-27)29-16-14-8-2/h7-16H2,1-6H3. The second kappa shape index (κ2) is 15.0. The third kappa shape index (κ3) is 6.85. The van der Waals surface area contributed by atoms with Gasteiger partial charge in [0.15, 0.2) is 0 Å². The Morgan fingerprint density at radius 1 is 0.590 bits per heavy atom. The van der Waals surface area contributed by atoms with Crippen LogP contribution in [0.4, 0.5) is 0 Å². The van der Waals surface area contributed by atoms with Crippen molar-refractivity contribution in [2.45, 2.75) is 73.0 Å². The molecule has 216 valence electrons. The monoisotopic (exact) mass is 550 g/mol. The number of hydrogen-bond acceptors (Lipinski definition) is 12. The molecule has 0 aromatic rings. The van der Waals surface area contributed by atoms with Crippen LogP contribution in [-0.2, 0) is 47.6 Å². The summed E-state index contributed by atoms with van der Waals surface area (Å²) in [7, 11) is 0. The maximum absolute atomic E-state index is 13.5. The highest BCUT2D eigenvalue weighted by Gasteiger charge is 2.66. The van der Waals surface area contributed by atoms with E-state index in [4.69, 9.17) is 28.4 Å². The minimum absolute atomic E-state index is 0.0209. The van der Waals surface area contributed by atoms with Gasteiger partial charge in [-0.05, 0) is 40.5 Å². The molecule has 0 bridgehead atoms. The number of unbranched alkanes of at least 4 members (excludes halogenated alkanes) is 2. The van der Waals surface area contributed by atoms with Gasteiger partial charge in [0.25, 0.3) is 0 Å². The van der Waals surface area contributed by atoms with Crippen molar-refractivity contribution in [3.05, 3.63) is 22.3 Å². The molecule has 0 radical (unpaired) electrons. The molecule has 0 saturated heterocycles. The first-order valence-corrected chi connectivity index (χ1v) is 13.4. The average molecular weight is 551 g/mol. The van der Waals surface area contributed by atoms with Crippen LogP contribution in [0.3, 0.4) is 0 Å². The van der Waals surface area contributed by atoms with Crippen LogP contribution in [0.5, 0.6) is 0 Å². The van der Waals surface area contributed by atoms with Crippen molar-refractivity contribution in [2.24, 2.45) is 9.98 Å². The molecule has 0 saturated carbocycles. The molecule has 0 aliphatic carbocycles. The first-order chi connectivity index (χ1) is 18.8. The molecular weight excluding hydrogens is 512 g/mol. The maximum Gasteiger partial charge on any atom is 0.344 e. The molecule has 0 amide bonds. The third-order valence-electron chi connectivity index (χ3n) is 5.52. The second-order valence-electron chi connectivity index (χ2n) is 8.28. The van der Waals surface area contributed by atoms with Crippen molar-refractivity contribution in [3.63, 3.8) is 0 Å². The van der Waals surface area contributed by atoms with Crippen LogP contribution >= 0.6 is 0 Å². The van der Waals surface area contributed by atoms with Crippen molar-refractivity contribution in [1.29, 1.82) is 0 Å². The van der Waals surface area contributed by atoms with Crippen LogP contribution < -0.4 is 0 Å². The van der Waals surface area contributed by atoms with Crippen molar-refractivity contribution in [3.8, 4) is 0 Å². The van der Waals surface area contributed by atoms with E-state index in [1.165, 1.54) is 0 Å². The molecule has 39 heavy (non-hydrogen) atoms. The summed E-state index contributed by atoms with van der Waals surface area (Å²) < 4.78 is 33.1. The van der Waals surface area contributed by atoms with Gasteiger partial charge in [-0.3, -0.25) is 9.98 Å². The minimum atomic E-state index is -2.45. The number of esters is 4. The van der Waals surface area contributed by atoms with Gasteiger partial charge in [-0.25, -0.2) is 19.2 Å². The van der Waals surface area contributed by atoms with Gasteiger partial charge in [0, 0.05) is 13.1 Å². The number of carbonyl (C=O) groups excluding carboxylic acids is 4. The number of rotatable bonds is 14. The molecule has 2 heterocycles. The summed E-state index contributed by atoms with van der Waals surface area (Å²) in [6.07, 6.45) is 2.86. The Morgan fingerprint density at radius 2 is 0.923 bits per heavy atom. The molecule has 0 aromatic heterocycles. The molecule has 2 aliphatic heterocycles. The Labute approximate surface area is 228 Å². The lowest BCUT2D eigenvalue weighted by atomic mass is 9.93. The Balaban J connectivity index is 3.00. The number of nitrogens with zero attached hydrogens (tertiary/aromatic N) is 2. The van der Waals surface area contributed by atoms with E-state index in [2.05, 4.69) is 9.98 Å². The Hall–Kier alpha value is -3.70. The average Bonchev–Trinajstić information content (AvgIpc) is 3.39. The van der Waals surface area contributed by atoms with Crippen LogP contribution in [0.15, 0.2) is 32.3 Å². The van der Waals surface area contributed by atoms with Crippen LogP contribution in [0, 0.1) is 0 Å². The number of carbonyl (C=O) groups is 4. The highest BCUT2D eigenvalue weighted by atomic mass is 16.7. The van der Waals surface area contributed by atoms with Crippen molar-refractivity contribution >= 4 is 35.7 Å². The molecule has 0 N–H and O–H groups in total. The van der Waals surface area contributed by atoms with Crippen LogP contribution in [0.1, 0.15) is 67.2 Å². The highest BCUT2D eigenvalue weighted by Crippen LogP contribution is 2.48. The zero-order valence-corrected chi connectivity index (χ0v) is 23.5. The summed E-state index contributed by atoms with van der Waals surface area (Å²) >= 11 is 0. The van der Waals surface area contributed by atoms with Crippen LogP contribution in [-0.4, -0.2) is 81.0 Å². The van der Waals surface area contributed by atoms with Gasteiger partial charge in [0.1, 0.15) is 22.3 Å². The topological polar surface area (TPSA) is 148 Å². The summed E-state index contributed by atoms with van der Waals surface area (Å²) in [6.45, 7) is 10.5.